The topological polar surface area (TPSA) is 32.3 Å². The number of benzene rings is 2. The predicted octanol–water partition coefficient (Wildman–Crippen LogP) is 4.66. The number of carbonyl (C=O) groups is 1. The summed E-state index contributed by atoms with van der Waals surface area (Å²) in [4.78, 5) is 14.4. The average Bonchev–Trinajstić information content (AvgIpc) is 2.67. The van der Waals surface area contributed by atoms with Crippen molar-refractivity contribution in [3.8, 4) is 0 Å². The van der Waals surface area contributed by atoms with Crippen molar-refractivity contribution >= 4 is 29.3 Å². The van der Waals surface area contributed by atoms with Crippen molar-refractivity contribution in [2.45, 2.75) is 25.8 Å². The molecule has 3 rings (SSSR count). The number of carbonyl (C=O) groups excluding carboxylic acids is 1. The fourth-order valence-electron chi connectivity index (χ4n) is 3.00. The summed E-state index contributed by atoms with van der Waals surface area (Å²) in [6.07, 6.45) is 7.13. The zero-order valence-corrected chi connectivity index (χ0v) is 15.0. The lowest BCUT2D eigenvalue weighted by molar-refractivity contribution is -0.116. The van der Waals surface area contributed by atoms with Crippen molar-refractivity contribution in [2.24, 2.45) is 0 Å². The minimum absolute atomic E-state index is 0.125. The summed E-state index contributed by atoms with van der Waals surface area (Å²) in [5, 5.41) is 3.54. The monoisotopic (exact) mass is 354 g/mol. The van der Waals surface area contributed by atoms with Crippen LogP contribution in [0.2, 0.25) is 5.02 Å². The summed E-state index contributed by atoms with van der Waals surface area (Å²) in [6, 6.07) is 15.9. The van der Waals surface area contributed by atoms with Gasteiger partial charge in [0.1, 0.15) is 0 Å². The smallest absolute Gasteiger partial charge is 0.244 e. The molecule has 0 spiro atoms. The highest BCUT2D eigenvalue weighted by Crippen LogP contribution is 2.20. The minimum Gasteiger partial charge on any atom is -0.372 e. The molecule has 0 saturated carbocycles. The van der Waals surface area contributed by atoms with E-state index in [0.29, 0.717) is 11.6 Å². The van der Waals surface area contributed by atoms with Gasteiger partial charge in [0.25, 0.3) is 0 Å². The first-order valence-electron chi connectivity index (χ1n) is 8.77. The van der Waals surface area contributed by atoms with Gasteiger partial charge in [-0.2, -0.15) is 0 Å². The maximum Gasteiger partial charge on any atom is 0.244 e. The van der Waals surface area contributed by atoms with E-state index in [9.17, 15) is 4.79 Å². The van der Waals surface area contributed by atoms with Gasteiger partial charge in [-0.15, -0.1) is 0 Å². The Morgan fingerprint density at radius 3 is 2.48 bits per heavy atom. The molecule has 1 fully saturated rings. The van der Waals surface area contributed by atoms with E-state index in [1.54, 1.807) is 6.08 Å². The van der Waals surface area contributed by atoms with E-state index >= 15 is 0 Å². The van der Waals surface area contributed by atoms with Gasteiger partial charge in [-0.25, -0.2) is 0 Å². The summed E-state index contributed by atoms with van der Waals surface area (Å²) in [6.45, 7) is 2.80. The Morgan fingerprint density at radius 2 is 1.76 bits per heavy atom. The maximum absolute atomic E-state index is 12.0. The summed E-state index contributed by atoms with van der Waals surface area (Å²) in [7, 11) is 0. The molecule has 25 heavy (non-hydrogen) atoms. The first-order valence-corrected chi connectivity index (χ1v) is 9.14. The van der Waals surface area contributed by atoms with Crippen molar-refractivity contribution in [3.63, 3.8) is 0 Å². The molecule has 0 unspecified atom stereocenters. The van der Waals surface area contributed by atoms with E-state index < -0.39 is 0 Å². The van der Waals surface area contributed by atoms with Crippen LogP contribution < -0.4 is 10.2 Å². The molecular formula is C21H23ClN2O. The quantitative estimate of drug-likeness (QED) is 0.792. The Balaban J connectivity index is 1.51. The number of hydrogen-bond acceptors (Lipinski definition) is 2. The van der Waals surface area contributed by atoms with E-state index in [1.165, 1.54) is 31.0 Å². The Hall–Kier alpha value is -2.26. The van der Waals surface area contributed by atoms with Gasteiger partial charge >= 0.3 is 0 Å². The molecule has 1 amide bonds. The molecule has 130 valence electrons. The third kappa shape index (κ3) is 5.10. The van der Waals surface area contributed by atoms with Crippen molar-refractivity contribution in [2.75, 3.05) is 18.0 Å². The second kappa shape index (κ2) is 8.72. The van der Waals surface area contributed by atoms with Crippen LogP contribution in [0.15, 0.2) is 54.6 Å². The van der Waals surface area contributed by atoms with Crippen LogP contribution in [0.3, 0.4) is 0 Å². The normalized spacial score (nSPS) is 14.7. The lowest BCUT2D eigenvalue weighted by atomic mass is 10.1. The lowest BCUT2D eigenvalue weighted by Gasteiger charge is -2.28. The molecule has 1 aliphatic rings. The van der Waals surface area contributed by atoms with Crippen molar-refractivity contribution < 1.29 is 4.79 Å². The van der Waals surface area contributed by atoms with Gasteiger partial charge in [0, 0.05) is 36.4 Å². The summed E-state index contributed by atoms with van der Waals surface area (Å²) in [5.74, 6) is -0.125. The van der Waals surface area contributed by atoms with Crippen LogP contribution in [0, 0.1) is 0 Å². The molecule has 1 heterocycles. The van der Waals surface area contributed by atoms with E-state index in [2.05, 4.69) is 34.5 Å². The number of halogens is 1. The highest BCUT2D eigenvalue weighted by molar-refractivity contribution is 6.32. The SMILES string of the molecule is O=C(/C=C/c1ccccc1Cl)NCc1ccc(N2CCCCC2)cc1. The molecule has 2 aromatic rings. The number of nitrogens with zero attached hydrogens (tertiary/aromatic N) is 1. The Morgan fingerprint density at radius 1 is 1.04 bits per heavy atom. The minimum atomic E-state index is -0.125. The lowest BCUT2D eigenvalue weighted by Crippen LogP contribution is -2.29. The number of nitrogens with one attached hydrogen (secondary N) is 1. The Labute approximate surface area is 154 Å². The number of anilines is 1. The third-order valence-electron chi connectivity index (χ3n) is 4.44. The van der Waals surface area contributed by atoms with Crippen LogP contribution in [0.5, 0.6) is 0 Å². The first-order chi connectivity index (χ1) is 12.2. The van der Waals surface area contributed by atoms with Crippen LogP contribution in [-0.4, -0.2) is 19.0 Å². The van der Waals surface area contributed by atoms with Crippen LogP contribution >= 0.6 is 11.6 Å². The molecule has 2 aromatic carbocycles. The number of rotatable bonds is 5. The largest absolute Gasteiger partial charge is 0.372 e. The van der Waals surface area contributed by atoms with E-state index in [-0.39, 0.29) is 5.91 Å². The molecule has 1 aliphatic heterocycles. The van der Waals surface area contributed by atoms with Gasteiger partial charge in [0.15, 0.2) is 0 Å². The van der Waals surface area contributed by atoms with Crippen molar-refractivity contribution in [3.05, 3.63) is 70.8 Å². The van der Waals surface area contributed by atoms with Crippen LogP contribution in [0.1, 0.15) is 30.4 Å². The highest BCUT2D eigenvalue weighted by atomic mass is 35.5. The van der Waals surface area contributed by atoms with Crippen molar-refractivity contribution in [1.82, 2.24) is 5.32 Å². The first kappa shape index (κ1) is 17.6. The molecule has 0 atom stereocenters. The van der Waals surface area contributed by atoms with Gasteiger partial charge in [-0.3, -0.25) is 4.79 Å². The van der Waals surface area contributed by atoms with Crippen LogP contribution in [0.4, 0.5) is 5.69 Å². The van der Waals surface area contributed by atoms with Gasteiger partial charge in [-0.1, -0.05) is 41.9 Å². The second-order valence-electron chi connectivity index (χ2n) is 6.29. The zero-order chi connectivity index (χ0) is 17.5. The number of amides is 1. The van der Waals surface area contributed by atoms with E-state index in [0.717, 1.165) is 24.2 Å². The fraction of sp³-hybridized carbons (Fsp3) is 0.286. The zero-order valence-electron chi connectivity index (χ0n) is 14.2. The Kier molecular flexibility index (Phi) is 6.13. The molecule has 4 heteroatoms. The molecule has 1 N–H and O–H groups in total. The third-order valence-corrected chi connectivity index (χ3v) is 4.79. The van der Waals surface area contributed by atoms with Gasteiger partial charge < -0.3 is 10.2 Å². The maximum atomic E-state index is 12.0. The van der Waals surface area contributed by atoms with E-state index in [4.69, 9.17) is 11.6 Å². The fourth-order valence-corrected chi connectivity index (χ4v) is 3.20. The van der Waals surface area contributed by atoms with Gasteiger partial charge in [0.05, 0.1) is 0 Å². The molecule has 0 bridgehead atoms. The summed E-state index contributed by atoms with van der Waals surface area (Å²) in [5.41, 5.74) is 3.21. The van der Waals surface area contributed by atoms with Crippen LogP contribution in [0.25, 0.3) is 6.08 Å². The average molecular weight is 355 g/mol. The number of hydrogen-bond donors (Lipinski definition) is 1. The van der Waals surface area contributed by atoms with E-state index in [1.807, 2.05) is 24.3 Å². The number of piperidine rings is 1. The molecule has 0 aliphatic carbocycles. The Bertz CT molecular complexity index is 734. The summed E-state index contributed by atoms with van der Waals surface area (Å²) < 4.78 is 0. The van der Waals surface area contributed by atoms with Crippen LogP contribution in [-0.2, 0) is 11.3 Å². The van der Waals surface area contributed by atoms with Gasteiger partial charge in [0.2, 0.25) is 5.91 Å². The highest BCUT2D eigenvalue weighted by Gasteiger charge is 2.10. The van der Waals surface area contributed by atoms with Gasteiger partial charge in [-0.05, 0) is 54.7 Å². The summed E-state index contributed by atoms with van der Waals surface area (Å²) >= 11 is 6.07. The molecule has 3 nitrogen and oxygen atoms in total. The molecule has 0 aromatic heterocycles. The molecular weight excluding hydrogens is 332 g/mol. The molecule has 0 radical (unpaired) electrons. The standard InChI is InChI=1S/C21H23ClN2O/c22-20-7-3-2-6-18(20)10-13-21(25)23-16-17-8-11-19(12-9-17)24-14-4-1-5-15-24/h2-3,6-13H,1,4-5,14-16H2,(H,23,25)/b13-10+. The second-order valence-corrected chi connectivity index (χ2v) is 6.69. The predicted molar refractivity (Wildman–Crippen MR) is 105 cm³/mol. The molecule has 1 saturated heterocycles. The van der Waals surface area contributed by atoms with Crippen molar-refractivity contribution in [1.29, 1.82) is 0 Å².